The third-order valence-electron chi connectivity index (χ3n) is 3.63. The Morgan fingerprint density at radius 2 is 1.92 bits per heavy atom. The number of nitriles is 1. The zero-order valence-electron chi connectivity index (χ0n) is 13.9. The fourth-order valence-corrected chi connectivity index (χ4v) is 2.36. The molecule has 25 heavy (non-hydrogen) atoms. The van der Waals surface area contributed by atoms with E-state index in [2.05, 4.69) is 11.4 Å². The van der Waals surface area contributed by atoms with E-state index in [9.17, 15) is 14.4 Å². The van der Waals surface area contributed by atoms with Crippen LogP contribution in [0.4, 0.5) is 4.39 Å². The number of amides is 1. The van der Waals surface area contributed by atoms with Crippen molar-refractivity contribution in [2.75, 3.05) is 13.7 Å². The monoisotopic (exact) mass is 338 g/mol. The Morgan fingerprint density at radius 1 is 1.24 bits per heavy atom. The molecule has 0 saturated carbocycles. The number of nitrogens with one attached hydrogen (secondary N) is 1. The minimum atomic E-state index is -0.605. The number of hydrogen-bond donors (Lipinski definition) is 1. The van der Waals surface area contributed by atoms with E-state index in [1.165, 1.54) is 19.2 Å². The molecule has 2 rings (SSSR count). The minimum absolute atomic E-state index is 0.144. The van der Waals surface area contributed by atoms with E-state index in [-0.39, 0.29) is 24.9 Å². The van der Waals surface area contributed by atoms with Crippen LogP contribution in [0.25, 0.3) is 0 Å². The van der Waals surface area contributed by atoms with Gasteiger partial charge < -0.3 is 10.1 Å². The van der Waals surface area contributed by atoms with Crippen LogP contribution in [0.15, 0.2) is 66.2 Å². The largest absolute Gasteiger partial charge is 0.379 e. The van der Waals surface area contributed by atoms with E-state index < -0.39 is 5.92 Å². The van der Waals surface area contributed by atoms with Gasteiger partial charge in [-0.25, -0.2) is 4.39 Å². The molecule has 5 heteroatoms. The van der Waals surface area contributed by atoms with Gasteiger partial charge in [0.15, 0.2) is 0 Å². The summed E-state index contributed by atoms with van der Waals surface area (Å²) in [5, 5.41) is 12.0. The maximum atomic E-state index is 13.0. The van der Waals surface area contributed by atoms with E-state index in [4.69, 9.17) is 4.74 Å². The van der Waals surface area contributed by atoms with Gasteiger partial charge in [-0.15, -0.1) is 0 Å². The van der Waals surface area contributed by atoms with Crippen LogP contribution in [0.3, 0.4) is 0 Å². The first-order chi connectivity index (χ1) is 12.1. The highest BCUT2D eigenvalue weighted by atomic mass is 19.1. The smallest absolute Gasteiger partial charge is 0.231 e. The number of hydrogen-bond acceptors (Lipinski definition) is 3. The summed E-state index contributed by atoms with van der Waals surface area (Å²) >= 11 is 0. The van der Waals surface area contributed by atoms with Gasteiger partial charge in [0.2, 0.25) is 5.91 Å². The average molecular weight is 338 g/mol. The van der Waals surface area contributed by atoms with Gasteiger partial charge in [0.05, 0.1) is 24.2 Å². The molecule has 0 aliphatic carbocycles. The number of nitrogens with zero attached hydrogens (tertiary/aromatic N) is 1. The van der Waals surface area contributed by atoms with Gasteiger partial charge in [0.1, 0.15) is 5.82 Å². The molecule has 1 amide bonds. The summed E-state index contributed by atoms with van der Waals surface area (Å²) in [6.45, 7) is 0.424. The second-order valence-corrected chi connectivity index (χ2v) is 5.47. The minimum Gasteiger partial charge on any atom is -0.379 e. The Balaban J connectivity index is 2.18. The van der Waals surface area contributed by atoms with Crippen molar-refractivity contribution in [1.82, 2.24) is 5.32 Å². The molecule has 0 bridgehead atoms. The SMILES string of the molecule is COC/C(C#N)=C\C(C(=O)NCc1ccc(F)cc1)c1ccccc1. The molecular weight excluding hydrogens is 319 g/mol. The summed E-state index contributed by atoms with van der Waals surface area (Å²) < 4.78 is 17.9. The molecule has 0 fully saturated rings. The first-order valence-electron chi connectivity index (χ1n) is 7.81. The fraction of sp³-hybridized carbons (Fsp3) is 0.200. The molecule has 1 unspecified atom stereocenters. The standard InChI is InChI=1S/C20H19FN2O2/c1-25-14-16(12-22)11-19(17-5-3-2-4-6-17)20(24)23-13-15-7-9-18(21)10-8-15/h2-11,19H,13-14H2,1H3,(H,23,24)/b16-11-. The lowest BCUT2D eigenvalue weighted by Crippen LogP contribution is -2.28. The first kappa shape index (κ1) is 18.4. The summed E-state index contributed by atoms with van der Waals surface area (Å²) in [6, 6.07) is 17.2. The van der Waals surface area contributed by atoms with E-state index in [0.717, 1.165) is 11.1 Å². The van der Waals surface area contributed by atoms with Crippen molar-refractivity contribution in [3.8, 4) is 6.07 Å². The Bertz CT molecular complexity index is 765. The van der Waals surface area contributed by atoms with Crippen LogP contribution in [0.2, 0.25) is 0 Å². The van der Waals surface area contributed by atoms with Gasteiger partial charge in [-0.2, -0.15) is 5.26 Å². The molecule has 0 heterocycles. The molecule has 0 saturated heterocycles. The van der Waals surface area contributed by atoms with Crippen LogP contribution in [-0.4, -0.2) is 19.6 Å². The Morgan fingerprint density at radius 3 is 2.52 bits per heavy atom. The summed E-state index contributed by atoms with van der Waals surface area (Å²) in [5.41, 5.74) is 1.96. The molecule has 1 N–H and O–H groups in total. The van der Waals surface area contributed by atoms with Crippen molar-refractivity contribution in [3.05, 3.63) is 83.2 Å². The van der Waals surface area contributed by atoms with Gasteiger partial charge in [-0.3, -0.25) is 4.79 Å². The molecule has 2 aromatic rings. The van der Waals surface area contributed by atoms with Crippen molar-refractivity contribution in [2.24, 2.45) is 0 Å². The van der Waals surface area contributed by atoms with Crippen molar-refractivity contribution in [2.45, 2.75) is 12.5 Å². The Kier molecular flexibility index (Phi) is 6.87. The second-order valence-electron chi connectivity index (χ2n) is 5.47. The van der Waals surface area contributed by atoms with Crippen LogP contribution in [0, 0.1) is 17.1 Å². The fourth-order valence-electron chi connectivity index (χ4n) is 2.36. The number of carbonyl (C=O) groups is 1. The Hall–Kier alpha value is -2.97. The third-order valence-corrected chi connectivity index (χ3v) is 3.63. The van der Waals surface area contributed by atoms with Gasteiger partial charge >= 0.3 is 0 Å². The third kappa shape index (κ3) is 5.55. The van der Waals surface area contributed by atoms with E-state index in [1.807, 2.05) is 30.3 Å². The number of rotatable bonds is 7. The zero-order valence-corrected chi connectivity index (χ0v) is 13.9. The number of ether oxygens (including phenoxy) is 1. The summed E-state index contributed by atoms with van der Waals surface area (Å²) in [7, 11) is 1.50. The highest BCUT2D eigenvalue weighted by Gasteiger charge is 2.19. The number of benzene rings is 2. The van der Waals surface area contributed by atoms with Crippen LogP contribution < -0.4 is 5.32 Å². The number of halogens is 1. The normalized spacial score (nSPS) is 12.3. The van der Waals surface area contributed by atoms with Crippen molar-refractivity contribution >= 4 is 5.91 Å². The van der Waals surface area contributed by atoms with Gasteiger partial charge in [0.25, 0.3) is 0 Å². The van der Waals surface area contributed by atoms with Crippen molar-refractivity contribution < 1.29 is 13.9 Å². The first-order valence-corrected chi connectivity index (χ1v) is 7.81. The molecule has 0 spiro atoms. The number of carbonyl (C=O) groups excluding carboxylic acids is 1. The van der Waals surface area contributed by atoms with E-state index in [0.29, 0.717) is 5.57 Å². The molecule has 0 aliphatic rings. The van der Waals surface area contributed by atoms with Crippen molar-refractivity contribution in [1.29, 1.82) is 5.26 Å². The van der Waals surface area contributed by atoms with E-state index in [1.54, 1.807) is 18.2 Å². The predicted molar refractivity (Wildman–Crippen MR) is 93.0 cm³/mol. The molecule has 2 aromatic carbocycles. The molecule has 128 valence electrons. The molecular formula is C20H19FN2O2. The summed E-state index contributed by atoms with van der Waals surface area (Å²) in [4.78, 5) is 12.7. The zero-order chi connectivity index (χ0) is 18.1. The molecule has 0 aromatic heterocycles. The highest BCUT2D eigenvalue weighted by molar-refractivity contribution is 5.85. The van der Waals surface area contributed by atoms with Crippen molar-refractivity contribution in [3.63, 3.8) is 0 Å². The summed E-state index contributed by atoms with van der Waals surface area (Å²) in [5.74, 6) is -1.16. The van der Waals surface area contributed by atoms with Crippen LogP contribution in [0.5, 0.6) is 0 Å². The number of methoxy groups -OCH3 is 1. The molecule has 0 aliphatic heterocycles. The topological polar surface area (TPSA) is 62.1 Å². The second kappa shape index (κ2) is 9.36. The highest BCUT2D eigenvalue weighted by Crippen LogP contribution is 2.19. The Labute approximate surface area is 146 Å². The molecule has 4 nitrogen and oxygen atoms in total. The lowest BCUT2D eigenvalue weighted by Gasteiger charge is -2.15. The van der Waals surface area contributed by atoms with Gasteiger partial charge in [-0.05, 0) is 23.3 Å². The molecule has 0 radical (unpaired) electrons. The quantitative estimate of drug-likeness (QED) is 0.788. The maximum Gasteiger partial charge on any atom is 0.231 e. The van der Waals surface area contributed by atoms with Gasteiger partial charge in [0, 0.05) is 13.7 Å². The maximum absolute atomic E-state index is 13.0. The van der Waals surface area contributed by atoms with Gasteiger partial charge in [-0.1, -0.05) is 48.5 Å². The summed E-state index contributed by atoms with van der Waals surface area (Å²) in [6.07, 6.45) is 1.61. The molecule has 1 atom stereocenters. The van der Waals surface area contributed by atoms with Crippen LogP contribution in [0.1, 0.15) is 17.0 Å². The lowest BCUT2D eigenvalue weighted by molar-refractivity contribution is -0.121. The average Bonchev–Trinajstić information content (AvgIpc) is 2.65. The van der Waals surface area contributed by atoms with Crippen LogP contribution >= 0.6 is 0 Å². The predicted octanol–water partition coefficient (Wildman–Crippen LogP) is 3.32. The lowest BCUT2D eigenvalue weighted by atomic mass is 9.95. The van der Waals surface area contributed by atoms with E-state index >= 15 is 0 Å². The van der Waals surface area contributed by atoms with Crippen LogP contribution in [-0.2, 0) is 16.1 Å².